The Labute approximate surface area is 94.2 Å². The Morgan fingerprint density at radius 1 is 1.19 bits per heavy atom. The highest BCUT2D eigenvalue weighted by molar-refractivity contribution is 5.92. The lowest BCUT2D eigenvalue weighted by Gasteiger charge is -2.08. The lowest BCUT2D eigenvalue weighted by atomic mass is 10.0. The van der Waals surface area contributed by atoms with Crippen LogP contribution in [0.5, 0.6) is 11.5 Å². The molecule has 16 heavy (non-hydrogen) atoms. The van der Waals surface area contributed by atoms with Gasteiger partial charge in [-0.15, -0.1) is 0 Å². The average molecular weight is 224 g/mol. The first kappa shape index (κ1) is 12.4. The van der Waals surface area contributed by atoms with Gasteiger partial charge in [-0.1, -0.05) is 25.8 Å². The second-order valence-corrected chi connectivity index (χ2v) is 3.73. The number of benzene rings is 1. The SMILES string of the molecule is CCCCCc1ccc(C(=O)O)c(O)c1O. The van der Waals surface area contributed by atoms with Crippen LogP contribution >= 0.6 is 0 Å². The summed E-state index contributed by atoms with van der Waals surface area (Å²) in [5, 5.41) is 27.8. The minimum absolute atomic E-state index is 0.267. The van der Waals surface area contributed by atoms with Crippen LogP contribution in [0.25, 0.3) is 0 Å². The van der Waals surface area contributed by atoms with Gasteiger partial charge in [0.25, 0.3) is 0 Å². The van der Waals surface area contributed by atoms with E-state index in [1.165, 1.54) is 6.07 Å². The number of carboxylic acids is 1. The molecule has 0 radical (unpaired) electrons. The summed E-state index contributed by atoms with van der Waals surface area (Å²) in [6.07, 6.45) is 3.67. The number of aryl methyl sites for hydroxylation is 1. The van der Waals surface area contributed by atoms with Crippen LogP contribution in [0.15, 0.2) is 12.1 Å². The summed E-state index contributed by atoms with van der Waals surface area (Å²) in [5.74, 6) is -2.09. The number of aromatic hydroxyl groups is 2. The monoisotopic (exact) mass is 224 g/mol. The van der Waals surface area contributed by atoms with E-state index in [2.05, 4.69) is 6.92 Å². The predicted octanol–water partition coefficient (Wildman–Crippen LogP) is 2.53. The number of rotatable bonds is 5. The summed E-state index contributed by atoms with van der Waals surface area (Å²) in [7, 11) is 0. The summed E-state index contributed by atoms with van der Waals surface area (Å²) in [6, 6.07) is 2.87. The summed E-state index contributed by atoms with van der Waals surface area (Å²) in [5.41, 5.74) is 0.327. The van der Waals surface area contributed by atoms with Gasteiger partial charge in [0.05, 0.1) is 0 Å². The molecule has 0 fully saturated rings. The third kappa shape index (κ3) is 2.66. The lowest BCUT2D eigenvalue weighted by Crippen LogP contribution is -1.98. The number of carboxylic acid groups (broad SMARTS) is 1. The molecule has 88 valence electrons. The highest BCUT2D eigenvalue weighted by Crippen LogP contribution is 2.33. The Balaban J connectivity index is 2.89. The number of aromatic carboxylic acids is 1. The van der Waals surface area contributed by atoms with Gasteiger partial charge in [-0.25, -0.2) is 4.79 Å². The molecule has 3 N–H and O–H groups in total. The van der Waals surface area contributed by atoms with Crippen molar-refractivity contribution in [1.29, 1.82) is 0 Å². The highest BCUT2D eigenvalue weighted by Gasteiger charge is 2.15. The van der Waals surface area contributed by atoms with Crippen molar-refractivity contribution in [1.82, 2.24) is 0 Å². The first-order chi connectivity index (χ1) is 7.57. The molecular weight excluding hydrogens is 208 g/mol. The van der Waals surface area contributed by atoms with Crippen LogP contribution in [0.2, 0.25) is 0 Å². The zero-order valence-corrected chi connectivity index (χ0v) is 9.23. The molecule has 0 aliphatic heterocycles. The van der Waals surface area contributed by atoms with Crippen LogP contribution in [0.4, 0.5) is 0 Å². The van der Waals surface area contributed by atoms with Gasteiger partial charge in [0.15, 0.2) is 11.5 Å². The zero-order chi connectivity index (χ0) is 12.1. The zero-order valence-electron chi connectivity index (χ0n) is 9.23. The van der Waals surface area contributed by atoms with Gasteiger partial charge in [0.2, 0.25) is 0 Å². The van der Waals surface area contributed by atoms with E-state index >= 15 is 0 Å². The largest absolute Gasteiger partial charge is 0.504 e. The average Bonchev–Trinajstić information content (AvgIpc) is 2.24. The fourth-order valence-electron chi connectivity index (χ4n) is 1.56. The topological polar surface area (TPSA) is 77.8 Å². The molecule has 1 rings (SSSR count). The Kier molecular flexibility index (Phi) is 4.17. The molecule has 1 aromatic rings. The van der Waals surface area contributed by atoms with Crippen molar-refractivity contribution >= 4 is 5.97 Å². The van der Waals surface area contributed by atoms with Crippen LogP contribution in [0, 0.1) is 0 Å². The fraction of sp³-hybridized carbons (Fsp3) is 0.417. The van der Waals surface area contributed by atoms with E-state index in [-0.39, 0.29) is 11.3 Å². The van der Waals surface area contributed by atoms with Gasteiger partial charge in [0.1, 0.15) is 5.56 Å². The lowest BCUT2D eigenvalue weighted by molar-refractivity contribution is 0.0693. The third-order valence-corrected chi connectivity index (χ3v) is 2.51. The summed E-state index contributed by atoms with van der Waals surface area (Å²) in [6.45, 7) is 2.07. The second kappa shape index (κ2) is 5.39. The van der Waals surface area contributed by atoms with E-state index in [1.54, 1.807) is 6.07 Å². The van der Waals surface area contributed by atoms with E-state index < -0.39 is 11.7 Å². The molecule has 0 saturated heterocycles. The number of carbonyl (C=O) groups is 1. The molecule has 4 heteroatoms. The Morgan fingerprint density at radius 2 is 1.88 bits per heavy atom. The third-order valence-electron chi connectivity index (χ3n) is 2.51. The van der Waals surface area contributed by atoms with Crippen LogP contribution in [0.3, 0.4) is 0 Å². The highest BCUT2D eigenvalue weighted by atomic mass is 16.4. The summed E-state index contributed by atoms with van der Waals surface area (Å²) >= 11 is 0. The van der Waals surface area contributed by atoms with E-state index in [4.69, 9.17) is 5.11 Å². The summed E-state index contributed by atoms with van der Waals surface area (Å²) < 4.78 is 0. The van der Waals surface area contributed by atoms with Crippen molar-refractivity contribution in [2.24, 2.45) is 0 Å². The van der Waals surface area contributed by atoms with Gasteiger partial charge in [-0.2, -0.15) is 0 Å². The smallest absolute Gasteiger partial charge is 0.339 e. The minimum Gasteiger partial charge on any atom is -0.504 e. The van der Waals surface area contributed by atoms with Crippen LogP contribution in [0.1, 0.15) is 42.1 Å². The first-order valence-electron chi connectivity index (χ1n) is 5.35. The Hall–Kier alpha value is -1.71. The molecule has 0 amide bonds. The molecule has 0 bridgehead atoms. The normalized spacial score (nSPS) is 10.3. The van der Waals surface area contributed by atoms with Crippen molar-refractivity contribution in [3.05, 3.63) is 23.3 Å². The maximum absolute atomic E-state index is 10.7. The van der Waals surface area contributed by atoms with Crippen LogP contribution < -0.4 is 0 Å². The number of unbranched alkanes of at least 4 members (excludes halogenated alkanes) is 2. The minimum atomic E-state index is -1.24. The van der Waals surface area contributed by atoms with Gasteiger partial charge < -0.3 is 15.3 Å². The van der Waals surface area contributed by atoms with Crippen molar-refractivity contribution in [3.63, 3.8) is 0 Å². The number of hydrogen-bond donors (Lipinski definition) is 3. The molecule has 4 nitrogen and oxygen atoms in total. The number of phenols is 2. The quantitative estimate of drug-likeness (QED) is 0.530. The van der Waals surface area contributed by atoms with E-state index in [0.29, 0.717) is 12.0 Å². The number of phenolic OH excluding ortho intramolecular Hbond substituents is 1. The first-order valence-corrected chi connectivity index (χ1v) is 5.35. The molecule has 1 aromatic carbocycles. The van der Waals surface area contributed by atoms with Gasteiger partial charge in [0, 0.05) is 0 Å². The van der Waals surface area contributed by atoms with E-state index in [1.807, 2.05) is 0 Å². The molecule has 0 saturated carbocycles. The van der Waals surface area contributed by atoms with Crippen molar-refractivity contribution in [3.8, 4) is 11.5 Å². The molecule has 0 spiro atoms. The van der Waals surface area contributed by atoms with Gasteiger partial charge in [-0.05, 0) is 24.5 Å². The molecular formula is C12H16O4. The van der Waals surface area contributed by atoms with E-state index in [0.717, 1.165) is 19.3 Å². The van der Waals surface area contributed by atoms with Crippen LogP contribution in [-0.4, -0.2) is 21.3 Å². The molecule has 0 heterocycles. The second-order valence-electron chi connectivity index (χ2n) is 3.73. The predicted molar refractivity (Wildman–Crippen MR) is 60.0 cm³/mol. The van der Waals surface area contributed by atoms with Crippen molar-refractivity contribution in [2.45, 2.75) is 32.6 Å². The molecule has 0 aliphatic carbocycles. The summed E-state index contributed by atoms with van der Waals surface area (Å²) in [4.78, 5) is 10.7. The maximum atomic E-state index is 10.7. The standard InChI is InChI=1S/C12H16O4/c1-2-3-4-5-8-6-7-9(12(15)16)11(14)10(8)13/h6-7,13-14H,2-5H2,1H3,(H,15,16). The number of hydrogen-bond acceptors (Lipinski definition) is 3. The Bertz CT molecular complexity index is 385. The van der Waals surface area contributed by atoms with Gasteiger partial charge in [-0.3, -0.25) is 0 Å². The Morgan fingerprint density at radius 3 is 2.44 bits per heavy atom. The molecule has 0 aromatic heterocycles. The fourth-order valence-corrected chi connectivity index (χ4v) is 1.56. The molecule has 0 unspecified atom stereocenters. The van der Waals surface area contributed by atoms with Crippen LogP contribution in [-0.2, 0) is 6.42 Å². The molecule has 0 aliphatic rings. The van der Waals surface area contributed by atoms with Gasteiger partial charge >= 0.3 is 5.97 Å². The van der Waals surface area contributed by atoms with Crippen molar-refractivity contribution < 1.29 is 20.1 Å². The van der Waals surface area contributed by atoms with E-state index in [9.17, 15) is 15.0 Å². The molecule has 0 atom stereocenters. The van der Waals surface area contributed by atoms with Crippen molar-refractivity contribution in [2.75, 3.05) is 0 Å². The maximum Gasteiger partial charge on any atom is 0.339 e.